The second-order valence-electron chi connectivity index (χ2n) is 4.72. The van der Waals surface area contributed by atoms with Gasteiger partial charge in [-0.15, -0.1) is 0 Å². The number of nitriles is 2. The van der Waals surface area contributed by atoms with Crippen LogP contribution >= 0.6 is 11.6 Å². The van der Waals surface area contributed by atoms with Gasteiger partial charge >= 0.3 is 0 Å². The Morgan fingerprint density at radius 3 is 2.41 bits per heavy atom. The van der Waals surface area contributed by atoms with Crippen molar-refractivity contribution in [1.29, 1.82) is 10.5 Å². The highest BCUT2D eigenvalue weighted by molar-refractivity contribution is 6.33. The summed E-state index contributed by atoms with van der Waals surface area (Å²) in [7, 11) is 0. The predicted octanol–water partition coefficient (Wildman–Crippen LogP) is 4.92. The quantitative estimate of drug-likeness (QED) is 0.683. The van der Waals surface area contributed by atoms with Crippen molar-refractivity contribution in [3.8, 4) is 23.4 Å². The highest BCUT2D eigenvalue weighted by atomic mass is 35.5. The molecule has 0 fully saturated rings. The van der Waals surface area contributed by atoms with Crippen LogP contribution < -0.4 is 0 Å². The van der Waals surface area contributed by atoms with Gasteiger partial charge < -0.3 is 4.98 Å². The lowest BCUT2D eigenvalue weighted by Gasteiger charge is -2.03. The van der Waals surface area contributed by atoms with Gasteiger partial charge in [0.2, 0.25) is 0 Å². The average molecular weight is 304 g/mol. The van der Waals surface area contributed by atoms with Crippen molar-refractivity contribution in [2.45, 2.75) is 0 Å². The molecule has 0 saturated heterocycles. The lowest BCUT2D eigenvalue weighted by molar-refractivity contribution is 1.44. The summed E-state index contributed by atoms with van der Waals surface area (Å²) in [5.74, 6) is 0. The number of H-pyrrole nitrogens is 1. The highest BCUT2D eigenvalue weighted by Gasteiger charge is 2.14. The molecule has 0 aliphatic rings. The Hall–Kier alpha value is -3.01. The van der Waals surface area contributed by atoms with Crippen molar-refractivity contribution in [3.63, 3.8) is 0 Å². The van der Waals surface area contributed by atoms with E-state index in [9.17, 15) is 0 Å². The lowest BCUT2D eigenvalue weighted by atomic mass is 10.0. The van der Waals surface area contributed by atoms with Crippen LogP contribution in [0.4, 0.5) is 0 Å². The summed E-state index contributed by atoms with van der Waals surface area (Å²) in [6.07, 6.45) is 1.59. The van der Waals surface area contributed by atoms with Crippen molar-refractivity contribution in [2.75, 3.05) is 0 Å². The summed E-state index contributed by atoms with van der Waals surface area (Å²) in [5, 5.41) is 19.6. The molecular weight excluding hydrogens is 294 g/mol. The van der Waals surface area contributed by atoms with Gasteiger partial charge in [-0.2, -0.15) is 10.5 Å². The topological polar surface area (TPSA) is 63.4 Å². The van der Waals surface area contributed by atoms with Crippen LogP contribution in [0.1, 0.15) is 5.56 Å². The van der Waals surface area contributed by atoms with Crippen LogP contribution in [0.3, 0.4) is 0 Å². The van der Waals surface area contributed by atoms with Crippen LogP contribution in [0.5, 0.6) is 0 Å². The van der Waals surface area contributed by atoms with Crippen LogP contribution in [-0.2, 0) is 0 Å². The van der Waals surface area contributed by atoms with Gasteiger partial charge in [0.1, 0.15) is 17.7 Å². The van der Waals surface area contributed by atoms with E-state index in [1.54, 1.807) is 6.08 Å². The second kappa shape index (κ2) is 5.77. The van der Waals surface area contributed by atoms with Crippen LogP contribution in [0.2, 0.25) is 5.02 Å². The van der Waals surface area contributed by atoms with E-state index in [4.69, 9.17) is 22.1 Å². The molecule has 1 N–H and O–H groups in total. The maximum Gasteiger partial charge on any atom is 0.130 e. The summed E-state index contributed by atoms with van der Waals surface area (Å²) in [4.78, 5) is 3.33. The molecule has 0 radical (unpaired) electrons. The number of nitrogens with zero attached hydrogens (tertiary/aromatic N) is 2. The van der Waals surface area contributed by atoms with E-state index in [0.29, 0.717) is 5.02 Å². The number of hydrogen-bond acceptors (Lipinski definition) is 2. The average Bonchev–Trinajstić information content (AvgIpc) is 2.91. The summed E-state index contributed by atoms with van der Waals surface area (Å²) in [5.41, 5.74) is 3.41. The minimum absolute atomic E-state index is 0.0538. The maximum atomic E-state index is 9.04. The van der Waals surface area contributed by atoms with Crippen molar-refractivity contribution in [1.82, 2.24) is 4.98 Å². The molecular formula is C18H10ClN3. The molecule has 0 aliphatic carbocycles. The van der Waals surface area contributed by atoms with Crippen LogP contribution in [0.15, 0.2) is 54.1 Å². The van der Waals surface area contributed by atoms with E-state index in [2.05, 4.69) is 4.98 Å². The van der Waals surface area contributed by atoms with E-state index >= 15 is 0 Å². The molecule has 3 aromatic rings. The first kappa shape index (κ1) is 13.9. The fourth-order valence-electron chi connectivity index (χ4n) is 2.42. The molecule has 0 saturated carbocycles. The first-order valence-electron chi connectivity index (χ1n) is 6.62. The molecule has 1 aromatic heterocycles. The van der Waals surface area contributed by atoms with E-state index in [1.165, 1.54) is 0 Å². The summed E-state index contributed by atoms with van der Waals surface area (Å²) >= 11 is 6.29. The largest absolute Gasteiger partial charge is 0.354 e. The Bertz CT molecular complexity index is 952. The van der Waals surface area contributed by atoms with Gasteiger partial charge in [-0.1, -0.05) is 48.0 Å². The SMILES string of the molecule is N#CC(C#N)=Cc1c(-c2ccccc2Cl)[nH]c2ccccc12. The molecule has 0 bridgehead atoms. The smallest absolute Gasteiger partial charge is 0.130 e. The first-order chi connectivity index (χ1) is 10.7. The van der Waals surface area contributed by atoms with Crippen LogP contribution in [0.25, 0.3) is 28.2 Å². The number of halogens is 1. The predicted molar refractivity (Wildman–Crippen MR) is 87.9 cm³/mol. The van der Waals surface area contributed by atoms with Crippen LogP contribution in [0, 0.1) is 22.7 Å². The number of fused-ring (bicyclic) bond motifs is 1. The third kappa shape index (κ3) is 2.35. The summed E-state index contributed by atoms with van der Waals surface area (Å²) < 4.78 is 0. The fraction of sp³-hybridized carbons (Fsp3) is 0. The third-order valence-corrected chi connectivity index (χ3v) is 3.75. The number of rotatable bonds is 2. The van der Waals surface area contributed by atoms with E-state index in [0.717, 1.165) is 27.7 Å². The molecule has 0 atom stereocenters. The third-order valence-electron chi connectivity index (χ3n) is 3.42. The Kier molecular flexibility index (Phi) is 3.66. The van der Waals surface area contributed by atoms with Crippen molar-refractivity contribution >= 4 is 28.6 Å². The Morgan fingerprint density at radius 1 is 1.00 bits per heavy atom. The first-order valence-corrected chi connectivity index (χ1v) is 7.00. The standard InChI is InChI=1S/C18H10ClN3/c19-16-7-3-1-6-14(16)18-15(9-12(10-20)11-21)13-5-2-4-8-17(13)22-18/h1-9,22H. The molecule has 0 aliphatic heterocycles. The number of benzene rings is 2. The molecule has 1 heterocycles. The Balaban J connectivity index is 2.36. The monoisotopic (exact) mass is 303 g/mol. The number of aromatic nitrogens is 1. The zero-order chi connectivity index (χ0) is 15.5. The molecule has 2 aromatic carbocycles. The van der Waals surface area contributed by atoms with Gasteiger partial charge in [-0.25, -0.2) is 0 Å². The van der Waals surface area contributed by atoms with Crippen molar-refractivity contribution in [3.05, 3.63) is 64.7 Å². The zero-order valence-corrected chi connectivity index (χ0v) is 12.2. The molecule has 0 amide bonds. The molecule has 3 nitrogen and oxygen atoms in total. The molecule has 4 heteroatoms. The minimum Gasteiger partial charge on any atom is -0.354 e. The molecule has 104 valence electrons. The molecule has 22 heavy (non-hydrogen) atoms. The zero-order valence-electron chi connectivity index (χ0n) is 11.5. The minimum atomic E-state index is 0.0538. The van der Waals surface area contributed by atoms with Gasteiger partial charge in [0, 0.05) is 27.1 Å². The van der Waals surface area contributed by atoms with Gasteiger partial charge in [0.05, 0.1) is 5.69 Å². The number of aromatic amines is 1. The molecule has 3 rings (SSSR count). The number of hydrogen-bond donors (Lipinski definition) is 1. The number of nitrogens with one attached hydrogen (secondary N) is 1. The Labute approximate surface area is 132 Å². The van der Waals surface area contributed by atoms with Crippen molar-refractivity contribution < 1.29 is 0 Å². The van der Waals surface area contributed by atoms with Gasteiger partial charge in [-0.05, 0) is 18.2 Å². The van der Waals surface area contributed by atoms with Gasteiger partial charge in [0.25, 0.3) is 0 Å². The van der Waals surface area contributed by atoms with Crippen molar-refractivity contribution in [2.24, 2.45) is 0 Å². The maximum absolute atomic E-state index is 9.04. The number of para-hydroxylation sites is 1. The molecule has 0 unspecified atom stereocenters. The van der Waals surface area contributed by atoms with E-state index in [1.807, 2.05) is 60.7 Å². The van der Waals surface area contributed by atoms with Crippen LogP contribution in [-0.4, -0.2) is 4.98 Å². The fourth-order valence-corrected chi connectivity index (χ4v) is 2.65. The normalized spacial score (nSPS) is 9.95. The second-order valence-corrected chi connectivity index (χ2v) is 5.13. The summed E-state index contributed by atoms with van der Waals surface area (Å²) in [6.45, 7) is 0. The van der Waals surface area contributed by atoms with Gasteiger partial charge in [0.15, 0.2) is 0 Å². The Morgan fingerprint density at radius 2 is 1.68 bits per heavy atom. The summed E-state index contributed by atoms with van der Waals surface area (Å²) in [6, 6.07) is 19.0. The van der Waals surface area contributed by atoms with E-state index < -0.39 is 0 Å². The molecule has 0 spiro atoms. The van der Waals surface area contributed by atoms with Gasteiger partial charge in [-0.3, -0.25) is 0 Å². The highest BCUT2D eigenvalue weighted by Crippen LogP contribution is 2.35. The van der Waals surface area contributed by atoms with E-state index in [-0.39, 0.29) is 5.57 Å². The lowest BCUT2D eigenvalue weighted by Crippen LogP contribution is -1.83. The number of allylic oxidation sites excluding steroid dienone is 1.